The van der Waals surface area contributed by atoms with Crippen molar-refractivity contribution in [2.75, 3.05) is 13.2 Å². The van der Waals surface area contributed by atoms with Gasteiger partial charge in [0.1, 0.15) is 6.04 Å². The number of nitrogens with zero attached hydrogens (tertiary/aromatic N) is 4. The van der Waals surface area contributed by atoms with Gasteiger partial charge in [-0.2, -0.15) is 15.3 Å². The molecule has 33 heavy (non-hydrogen) atoms. The summed E-state index contributed by atoms with van der Waals surface area (Å²) in [6.07, 6.45) is 5.59. The lowest BCUT2D eigenvalue weighted by atomic mass is 9.89. The molecule has 3 heterocycles. The highest BCUT2D eigenvalue weighted by Crippen LogP contribution is 2.37. The summed E-state index contributed by atoms with van der Waals surface area (Å²) in [7, 11) is -3.38. The highest BCUT2D eigenvalue weighted by molar-refractivity contribution is 7.92. The zero-order chi connectivity index (χ0) is 23.0. The molecule has 9 heteroatoms. The van der Waals surface area contributed by atoms with Crippen LogP contribution in [0, 0.1) is 12.8 Å². The summed E-state index contributed by atoms with van der Waals surface area (Å²) in [6, 6.07) is 8.42. The van der Waals surface area contributed by atoms with Crippen molar-refractivity contribution in [3.05, 3.63) is 47.9 Å². The molecular formula is C24H28N4O4S. The van der Waals surface area contributed by atoms with E-state index in [0.717, 1.165) is 18.5 Å². The quantitative estimate of drug-likeness (QED) is 0.500. The number of carbonyl (C=O) groups excluding carboxylic acids is 1. The van der Waals surface area contributed by atoms with E-state index in [1.54, 1.807) is 23.0 Å². The van der Waals surface area contributed by atoms with Crippen LogP contribution in [0.4, 0.5) is 0 Å². The van der Waals surface area contributed by atoms with E-state index in [1.165, 1.54) is 0 Å². The van der Waals surface area contributed by atoms with Crippen molar-refractivity contribution in [1.29, 1.82) is 0 Å². The van der Waals surface area contributed by atoms with Crippen LogP contribution in [-0.4, -0.2) is 52.6 Å². The molecule has 0 N–H and O–H groups in total. The van der Waals surface area contributed by atoms with E-state index in [2.05, 4.69) is 15.3 Å². The molecule has 0 spiro atoms. The molecule has 1 atom stereocenters. The standard InChI is InChI=1S/C24H28N4O4S/c1-16-5-6-18(27-26-16)14-23(29)22(13-17-9-11-32-12-10-17)28-21-3-2-4-24(20(21)15-25-28)33(30,31)19-7-8-19/h2-6,15,17,19,22H,7-14H2,1H3. The Bertz CT molecular complexity index is 1260. The third-order valence-electron chi connectivity index (χ3n) is 6.64. The lowest BCUT2D eigenvalue weighted by Gasteiger charge is -2.26. The van der Waals surface area contributed by atoms with Crippen LogP contribution in [0.3, 0.4) is 0 Å². The van der Waals surface area contributed by atoms with Crippen LogP contribution >= 0.6 is 0 Å². The number of Topliss-reactive ketones (excluding diaryl/α,β-unsaturated/α-hetero) is 1. The molecule has 1 saturated heterocycles. The minimum atomic E-state index is -3.38. The van der Waals surface area contributed by atoms with Crippen LogP contribution in [0.15, 0.2) is 41.4 Å². The molecule has 1 unspecified atom stereocenters. The number of rotatable bonds is 8. The van der Waals surface area contributed by atoms with Crippen molar-refractivity contribution in [3.63, 3.8) is 0 Å². The minimum Gasteiger partial charge on any atom is -0.381 e. The van der Waals surface area contributed by atoms with Crippen molar-refractivity contribution in [1.82, 2.24) is 20.0 Å². The van der Waals surface area contributed by atoms with Crippen LogP contribution in [-0.2, 0) is 25.8 Å². The van der Waals surface area contributed by atoms with Crippen LogP contribution in [0.1, 0.15) is 49.5 Å². The van der Waals surface area contributed by atoms with Gasteiger partial charge in [-0.3, -0.25) is 9.48 Å². The Balaban J connectivity index is 1.51. The Morgan fingerprint density at radius 1 is 1.12 bits per heavy atom. The van der Waals surface area contributed by atoms with Gasteiger partial charge < -0.3 is 4.74 Å². The summed E-state index contributed by atoms with van der Waals surface area (Å²) in [5, 5.41) is 13.1. The number of aryl methyl sites for hydroxylation is 1. The number of ether oxygens (including phenoxy) is 1. The molecule has 8 nitrogen and oxygen atoms in total. The van der Waals surface area contributed by atoms with Crippen molar-refractivity contribution in [2.24, 2.45) is 5.92 Å². The fourth-order valence-corrected chi connectivity index (χ4v) is 6.43. The number of fused-ring (bicyclic) bond motifs is 1. The highest BCUT2D eigenvalue weighted by atomic mass is 32.2. The third kappa shape index (κ3) is 4.56. The smallest absolute Gasteiger partial charge is 0.181 e. The minimum absolute atomic E-state index is 0.0000908. The number of benzene rings is 1. The van der Waals surface area contributed by atoms with E-state index in [0.29, 0.717) is 59.9 Å². The van der Waals surface area contributed by atoms with Gasteiger partial charge in [-0.25, -0.2) is 8.42 Å². The Labute approximate surface area is 193 Å². The van der Waals surface area contributed by atoms with Crippen LogP contribution in [0.5, 0.6) is 0 Å². The summed E-state index contributed by atoms with van der Waals surface area (Å²) >= 11 is 0. The van der Waals surface area contributed by atoms with E-state index in [4.69, 9.17) is 4.74 Å². The van der Waals surface area contributed by atoms with Gasteiger partial charge in [0.2, 0.25) is 0 Å². The fraction of sp³-hybridized carbons (Fsp3) is 0.500. The average molecular weight is 469 g/mol. The van der Waals surface area contributed by atoms with Gasteiger partial charge in [-0.05, 0) is 69.2 Å². The van der Waals surface area contributed by atoms with Crippen LogP contribution < -0.4 is 0 Å². The molecule has 0 bridgehead atoms. The first-order valence-electron chi connectivity index (χ1n) is 11.5. The van der Waals surface area contributed by atoms with E-state index in [9.17, 15) is 13.2 Å². The maximum absolute atomic E-state index is 13.5. The van der Waals surface area contributed by atoms with E-state index < -0.39 is 15.9 Å². The van der Waals surface area contributed by atoms with E-state index >= 15 is 0 Å². The largest absolute Gasteiger partial charge is 0.381 e. The zero-order valence-corrected chi connectivity index (χ0v) is 19.5. The third-order valence-corrected chi connectivity index (χ3v) is 8.96. The van der Waals surface area contributed by atoms with Gasteiger partial charge in [0.05, 0.1) is 39.7 Å². The normalized spacial score (nSPS) is 18.5. The Kier molecular flexibility index (Phi) is 6.01. The number of aromatic nitrogens is 4. The number of carbonyl (C=O) groups is 1. The second-order valence-corrected chi connectivity index (χ2v) is 11.3. The topological polar surface area (TPSA) is 104 Å². The lowest BCUT2D eigenvalue weighted by Crippen LogP contribution is -2.27. The van der Waals surface area contributed by atoms with Gasteiger partial charge in [-0.15, -0.1) is 0 Å². The van der Waals surface area contributed by atoms with Gasteiger partial charge in [0, 0.05) is 18.6 Å². The molecule has 2 fully saturated rings. The second-order valence-electron chi connectivity index (χ2n) is 9.14. The summed E-state index contributed by atoms with van der Waals surface area (Å²) < 4.78 is 33.2. The SMILES string of the molecule is Cc1ccc(CC(=O)C(CC2CCOCC2)n2ncc3c(S(=O)(=O)C4CC4)cccc32)nn1. The first-order valence-corrected chi connectivity index (χ1v) is 13.1. The molecule has 0 amide bonds. The zero-order valence-electron chi connectivity index (χ0n) is 18.7. The molecule has 1 saturated carbocycles. The molecule has 1 aliphatic carbocycles. The maximum Gasteiger partial charge on any atom is 0.181 e. The van der Waals surface area contributed by atoms with Gasteiger partial charge in [-0.1, -0.05) is 6.07 Å². The number of hydrogen-bond donors (Lipinski definition) is 0. The maximum atomic E-state index is 13.5. The van der Waals surface area contributed by atoms with Crippen molar-refractivity contribution < 1.29 is 17.9 Å². The molecule has 1 aliphatic heterocycles. The average Bonchev–Trinajstić information content (AvgIpc) is 3.60. The Morgan fingerprint density at radius 2 is 1.91 bits per heavy atom. The number of ketones is 1. The molecule has 174 valence electrons. The van der Waals surface area contributed by atoms with Crippen LogP contribution in [0.25, 0.3) is 10.9 Å². The van der Waals surface area contributed by atoms with Crippen molar-refractivity contribution in [2.45, 2.75) is 61.6 Å². The van der Waals surface area contributed by atoms with Gasteiger partial charge >= 0.3 is 0 Å². The predicted molar refractivity (Wildman–Crippen MR) is 123 cm³/mol. The summed E-state index contributed by atoms with van der Waals surface area (Å²) in [6.45, 7) is 3.24. The highest BCUT2D eigenvalue weighted by Gasteiger charge is 2.38. The van der Waals surface area contributed by atoms with E-state index in [-0.39, 0.29) is 17.5 Å². The first kappa shape index (κ1) is 22.2. The van der Waals surface area contributed by atoms with Crippen LogP contribution in [0.2, 0.25) is 0 Å². The molecule has 0 radical (unpaired) electrons. The van der Waals surface area contributed by atoms with Crippen molar-refractivity contribution in [3.8, 4) is 0 Å². The molecule has 3 aromatic rings. The second kappa shape index (κ2) is 8.95. The molecule has 2 aliphatic rings. The lowest BCUT2D eigenvalue weighted by molar-refractivity contribution is -0.122. The Morgan fingerprint density at radius 3 is 2.61 bits per heavy atom. The molecule has 5 rings (SSSR count). The fourth-order valence-electron chi connectivity index (χ4n) is 4.58. The summed E-state index contributed by atoms with van der Waals surface area (Å²) in [4.78, 5) is 13.9. The molecule has 1 aromatic carbocycles. The monoisotopic (exact) mass is 468 g/mol. The first-order chi connectivity index (χ1) is 15.9. The molecular weight excluding hydrogens is 440 g/mol. The number of sulfone groups is 1. The van der Waals surface area contributed by atoms with Gasteiger partial charge in [0.15, 0.2) is 15.6 Å². The van der Waals surface area contributed by atoms with E-state index in [1.807, 2.05) is 25.1 Å². The summed E-state index contributed by atoms with van der Waals surface area (Å²) in [5.74, 6) is 0.342. The van der Waals surface area contributed by atoms with Gasteiger partial charge in [0.25, 0.3) is 0 Å². The predicted octanol–water partition coefficient (Wildman–Crippen LogP) is 3.24. The molecule has 2 aromatic heterocycles. The Hall–Kier alpha value is -2.65. The number of hydrogen-bond acceptors (Lipinski definition) is 7. The summed E-state index contributed by atoms with van der Waals surface area (Å²) in [5.41, 5.74) is 2.10. The van der Waals surface area contributed by atoms with Crippen molar-refractivity contribution >= 4 is 26.5 Å².